The van der Waals surface area contributed by atoms with Crippen molar-refractivity contribution in [3.63, 3.8) is 0 Å². The Bertz CT molecular complexity index is 777. The first-order valence-corrected chi connectivity index (χ1v) is 9.49. The molecular weight excluding hydrogens is 338 g/mol. The predicted octanol–water partition coefficient (Wildman–Crippen LogP) is 3.59. The topological polar surface area (TPSA) is 90.7 Å². The minimum Gasteiger partial charge on any atom is -0.457 e. The number of carbonyl (C=O) groups excluding carboxylic acids is 1. The lowest BCUT2D eigenvalue weighted by atomic mass is 9.77. The molecule has 0 saturated heterocycles. The molecule has 1 aliphatic carbocycles. The highest BCUT2D eigenvalue weighted by atomic mass is 16.5. The van der Waals surface area contributed by atoms with Gasteiger partial charge in [0.25, 0.3) is 0 Å². The van der Waals surface area contributed by atoms with Crippen LogP contribution in [0.2, 0.25) is 0 Å². The van der Waals surface area contributed by atoms with Crippen LogP contribution in [0, 0.1) is 5.92 Å². The van der Waals surface area contributed by atoms with Crippen LogP contribution >= 0.6 is 0 Å². The van der Waals surface area contributed by atoms with Crippen LogP contribution in [0.3, 0.4) is 0 Å². The van der Waals surface area contributed by atoms with Gasteiger partial charge in [-0.2, -0.15) is 0 Å². The summed E-state index contributed by atoms with van der Waals surface area (Å²) in [4.78, 5) is 16.8. The van der Waals surface area contributed by atoms with E-state index in [-0.39, 0.29) is 11.9 Å². The number of esters is 1. The fraction of sp³-hybridized carbons (Fsp3) is 0.364. The molecule has 27 heavy (non-hydrogen) atoms. The third-order valence-electron chi connectivity index (χ3n) is 5.21. The number of rotatable bonds is 6. The van der Waals surface area contributed by atoms with Crippen molar-refractivity contribution in [2.75, 3.05) is 6.54 Å². The second-order valence-electron chi connectivity index (χ2n) is 7.13. The smallest absolute Gasteiger partial charge is 0.338 e. The molecule has 0 atom stereocenters. The molecule has 0 spiro atoms. The van der Waals surface area contributed by atoms with E-state index in [1.54, 1.807) is 0 Å². The van der Waals surface area contributed by atoms with Gasteiger partial charge in [0.05, 0.1) is 5.56 Å². The van der Waals surface area contributed by atoms with Crippen molar-refractivity contribution in [2.45, 2.75) is 38.2 Å². The monoisotopic (exact) mass is 365 g/mol. The van der Waals surface area contributed by atoms with Gasteiger partial charge in [0.1, 0.15) is 6.61 Å². The van der Waals surface area contributed by atoms with Gasteiger partial charge < -0.3 is 16.2 Å². The summed E-state index contributed by atoms with van der Waals surface area (Å²) in [5.41, 5.74) is 13.6. The van der Waals surface area contributed by atoms with Gasteiger partial charge in [-0.05, 0) is 54.7 Å². The van der Waals surface area contributed by atoms with Crippen LogP contribution in [0.5, 0.6) is 0 Å². The number of aliphatic imine (C=N–C) groups is 1. The third-order valence-corrected chi connectivity index (χ3v) is 5.21. The quantitative estimate of drug-likeness (QED) is 0.465. The SMILES string of the molecule is NC(N)=NCC1CCC(c2ccccc2C(=O)OCc2ccccc2)CC1. The van der Waals surface area contributed by atoms with Crippen LogP contribution in [-0.2, 0) is 11.3 Å². The van der Waals surface area contributed by atoms with Crippen LogP contribution in [0.1, 0.15) is 53.1 Å². The molecule has 3 rings (SSSR count). The first-order chi connectivity index (χ1) is 13.1. The summed E-state index contributed by atoms with van der Waals surface area (Å²) in [6.45, 7) is 0.981. The van der Waals surface area contributed by atoms with E-state index in [2.05, 4.69) is 11.1 Å². The van der Waals surface area contributed by atoms with Gasteiger partial charge in [-0.15, -0.1) is 0 Å². The van der Waals surface area contributed by atoms with Crippen molar-refractivity contribution in [3.8, 4) is 0 Å². The Morgan fingerprint density at radius 3 is 2.33 bits per heavy atom. The lowest BCUT2D eigenvalue weighted by Gasteiger charge is -2.29. The fourth-order valence-electron chi connectivity index (χ4n) is 3.73. The van der Waals surface area contributed by atoms with Gasteiger partial charge in [-0.3, -0.25) is 4.99 Å². The van der Waals surface area contributed by atoms with E-state index in [4.69, 9.17) is 16.2 Å². The summed E-state index contributed by atoms with van der Waals surface area (Å²) < 4.78 is 5.55. The molecule has 4 N–H and O–H groups in total. The zero-order valence-electron chi connectivity index (χ0n) is 15.5. The summed E-state index contributed by atoms with van der Waals surface area (Å²) in [6, 6.07) is 17.6. The van der Waals surface area contributed by atoms with Crippen molar-refractivity contribution in [2.24, 2.45) is 22.4 Å². The number of nitrogens with two attached hydrogens (primary N) is 2. The maximum absolute atomic E-state index is 12.7. The summed E-state index contributed by atoms with van der Waals surface area (Å²) in [5.74, 6) is 0.794. The van der Waals surface area contributed by atoms with Crippen LogP contribution in [0.25, 0.3) is 0 Å². The zero-order chi connectivity index (χ0) is 19.1. The number of carbonyl (C=O) groups is 1. The minimum atomic E-state index is -0.253. The summed E-state index contributed by atoms with van der Waals surface area (Å²) in [6.07, 6.45) is 4.20. The molecule has 2 aromatic rings. The molecule has 1 fully saturated rings. The van der Waals surface area contributed by atoms with Crippen molar-refractivity contribution < 1.29 is 9.53 Å². The highest BCUT2D eigenvalue weighted by molar-refractivity contribution is 5.91. The summed E-state index contributed by atoms with van der Waals surface area (Å²) >= 11 is 0. The van der Waals surface area contributed by atoms with Crippen LogP contribution < -0.4 is 11.5 Å². The van der Waals surface area contributed by atoms with Crippen LogP contribution in [0.15, 0.2) is 59.6 Å². The minimum absolute atomic E-state index is 0.156. The van der Waals surface area contributed by atoms with E-state index < -0.39 is 0 Å². The molecule has 0 unspecified atom stereocenters. The molecule has 142 valence electrons. The normalized spacial score (nSPS) is 19.3. The summed E-state index contributed by atoms with van der Waals surface area (Å²) in [7, 11) is 0. The van der Waals surface area contributed by atoms with Crippen molar-refractivity contribution in [1.29, 1.82) is 0 Å². The predicted molar refractivity (Wildman–Crippen MR) is 107 cm³/mol. The Kier molecular flexibility index (Phi) is 6.47. The number of nitrogens with zero attached hydrogens (tertiary/aromatic N) is 1. The Morgan fingerprint density at radius 2 is 1.63 bits per heavy atom. The Labute approximate surface area is 160 Å². The van der Waals surface area contributed by atoms with E-state index in [9.17, 15) is 4.79 Å². The highest BCUT2D eigenvalue weighted by Gasteiger charge is 2.25. The number of guanidine groups is 1. The molecule has 1 saturated carbocycles. The maximum atomic E-state index is 12.7. The van der Waals surface area contributed by atoms with E-state index in [1.165, 1.54) is 0 Å². The van der Waals surface area contributed by atoms with Crippen LogP contribution in [0.4, 0.5) is 0 Å². The lowest BCUT2D eigenvalue weighted by molar-refractivity contribution is 0.0470. The number of hydrogen-bond acceptors (Lipinski definition) is 3. The molecule has 0 radical (unpaired) electrons. The molecule has 0 aliphatic heterocycles. The second-order valence-corrected chi connectivity index (χ2v) is 7.13. The Morgan fingerprint density at radius 1 is 0.963 bits per heavy atom. The Hall–Kier alpha value is -2.82. The van der Waals surface area contributed by atoms with Crippen LogP contribution in [-0.4, -0.2) is 18.5 Å². The van der Waals surface area contributed by atoms with Gasteiger partial charge in [-0.25, -0.2) is 4.79 Å². The molecule has 0 aromatic heterocycles. The first-order valence-electron chi connectivity index (χ1n) is 9.49. The second kappa shape index (κ2) is 9.21. The fourth-order valence-corrected chi connectivity index (χ4v) is 3.73. The number of ether oxygens (including phenoxy) is 1. The molecule has 5 heteroatoms. The molecular formula is C22H27N3O2. The Balaban J connectivity index is 1.62. The van der Waals surface area contributed by atoms with Crippen molar-refractivity contribution in [3.05, 3.63) is 71.3 Å². The van der Waals surface area contributed by atoms with E-state index >= 15 is 0 Å². The largest absolute Gasteiger partial charge is 0.457 e. The van der Waals surface area contributed by atoms with E-state index in [0.29, 0.717) is 30.6 Å². The van der Waals surface area contributed by atoms with Gasteiger partial charge in [0.15, 0.2) is 5.96 Å². The first kappa shape index (κ1) is 19.0. The van der Waals surface area contributed by atoms with Gasteiger partial charge >= 0.3 is 5.97 Å². The van der Waals surface area contributed by atoms with Crippen molar-refractivity contribution >= 4 is 11.9 Å². The van der Waals surface area contributed by atoms with Gasteiger partial charge in [0.2, 0.25) is 0 Å². The molecule has 5 nitrogen and oxygen atoms in total. The number of benzene rings is 2. The van der Waals surface area contributed by atoms with E-state index in [0.717, 1.165) is 36.8 Å². The highest BCUT2D eigenvalue weighted by Crippen LogP contribution is 2.37. The molecule has 0 bridgehead atoms. The maximum Gasteiger partial charge on any atom is 0.338 e. The van der Waals surface area contributed by atoms with Crippen molar-refractivity contribution in [1.82, 2.24) is 0 Å². The molecule has 2 aromatic carbocycles. The molecule has 0 heterocycles. The average Bonchev–Trinajstić information content (AvgIpc) is 2.71. The summed E-state index contributed by atoms with van der Waals surface area (Å²) in [5, 5.41) is 0. The zero-order valence-corrected chi connectivity index (χ0v) is 15.5. The molecule has 1 aliphatic rings. The molecule has 0 amide bonds. The number of hydrogen-bond donors (Lipinski definition) is 2. The van der Waals surface area contributed by atoms with E-state index in [1.807, 2.05) is 48.5 Å². The lowest BCUT2D eigenvalue weighted by Crippen LogP contribution is -2.25. The third kappa shape index (κ3) is 5.33. The standard InChI is InChI=1S/C22H27N3O2/c23-22(24)25-14-16-10-12-18(13-11-16)19-8-4-5-9-20(19)21(26)27-15-17-6-2-1-3-7-17/h1-9,16,18H,10-15H2,(H4,23,24,25). The van der Waals surface area contributed by atoms with Gasteiger partial charge in [0, 0.05) is 6.54 Å². The average molecular weight is 365 g/mol. The van der Waals surface area contributed by atoms with Gasteiger partial charge in [-0.1, -0.05) is 48.5 Å².